The third kappa shape index (κ3) is 4.37. The summed E-state index contributed by atoms with van der Waals surface area (Å²) in [6.45, 7) is 0.585. The first-order valence-electron chi connectivity index (χ1n) is 11.0. The Balaban J connectivity index is 1.75. The molecular formula is C25H28ClF2N3O2. The summed E-state index contributed by atoms with van der Waals surface area (Å²) < 4.78 is 29.6. The van der Waals surface area contributed by atoms with E-state index in [0.29, 0.717) is 29.1 Å². The van der Waals surface area contributed by atoms with Crippen molar-refractivity contribution in [3.05, 3.63) is 76.6 Å². The smallest absolute Gasteiger partial charge is 0.321 e. The molecule has 0 saturated carbocycles. The van der Waals surface area contributed by atoms with Gasteiger partial charge in [-0.1, -0.05) is 41.9 Å². The Hall–Kier alpha value is -2.48. The number of hydrogen-bond acceptors (Lipinski definition) is 3. The molecule has 0 spiro atoms. The number of rotatable bonds is 4. The first kappa shape index (κ1) is 23.7. The number of alkyl halides is 1. The second-order valence-electron chi connectivity index (χ2n) is 8.86. The Labute approximate surface area is 197 Å². The summed E-state index contributed by atoms with van der Waals surface area (Å²) >= 11 is 6.12. The van der Waals surface area contributed by atoms with Crippen molar-refractivity contribution in [1.29, 1.82) is 0 Å². The lowest BCUT2D eigenvalue weighted by Crippen LogP contribution is -2.58. The maximum absolute atomic E-state index is 14.9. The molecule has 0 radical (unpaired) electrons. The zero-order chi connectivity index (χ0) is 23.8. The van der Waals surface area contributed by atoms with Crippen LogP contribution in [0.25, 0.3) is 5.57 Å². The molecule has 0 aliphatic carbocycles. The summed E-state index contributed by atoms with van der Waals surface area (Å²) in [7, 11) is 3.45. The molecule has 1 N–H and O–H groups in total. The average Bonchev–Trinajstić information content (AvgIpc) is 3.21. The van der Waals surface area contributed by atoms with Gasteiger partial charge in [0.15, 0.2) is 0 Å². The van der Waals surface area contributed by atoms with Gasteiger partial charge in [0.1, 0.15) is 17.5 Å². The summed E-state index contributed by atoms with van der Waals surface area (Å²) in [5.74, 6) is -0.465. The van der Waals surface area contributed by atoms with Crippen LogP contribution in [-0.4, -0.2) is 78.4 Å². The van der Waals surface area contributed by atoms with Crippen LogP contribution in [0.15, 0.2) is 54.6 Å². The van der Waals surface area contributed by atoms with Gasteiger partial charge in [0.2, 0.25) is 0 Å². The minimum absolute atomic E-state index is 0.0550. The topological polar surface area (TPSA) is 47.0 Å². The molecule has 0 aromatic heterocycles. The Morgan fingerprint density at radius 1 is 1.27 bits per heavy atom. The van der Waals surface area contributed by atoms with Crippen molar-refractivity contribution in [3.63, 3.8) is 0 Å². The number of halogens is 3. The quantitative estimate of drug-likeness (QED) is 0.722. The van der Waals surface area contributed by atoms with Gasteiger partial charge in [-0.05, 0) is 48.9 Å². The predicted octanol–water partition coefficient (Wildman–Crippen LogP) is 4.16. The standard InChI is InChI=1S/C25H28ClF2N3O2/c1-29-11-10-23(22(28)15-29)30(2)24(33)31-14-17(20-12-19(26)8-9-21(20)27)13-25(31,16-32)18-6-4-3-5-7-18/h3-9,12-13,22-23,32H,10-11,14-16H2,1-2H3/t22?,23?,25-/m1/s1. The number of hydrogen-bond donors (Lipinski definition) is 1. The number of piperidine rings is 1. The molecule has 2 aromatic rings. The van der Waals surface area contributed by atoms with Crippen molar-refractivity contribution in [2.24, 2.45) is 0 Å². The van der Waals surface area contributed by atoms with Crippen LogP contribution in [-0.2, 0) is 5.54 Å². The van der Waals surface area contributed by atoms with Gasteiger partial charge in [0.25, 0.3) is 0 Å². The highest BCUT2D eigenvalue weighted by Crippen LogP contribution is 2.42. The highest BCUT2D eigenvalue weighted by atomic mass is 35.5. The number of amides is 2. The lowest BCUT2D eigenvalue weighted by molar-refractivity contribution is 0.0417. The van der Waals surface area contributed by atoms with Crippen molar-refractivity contribution in [2.75, 3.05) is 40.3 Å². The third-order valence-electron chi connectivity index (χ3n) is 6.75. The van der Waals surface area contributed by atoms with Gasteiger partial charge in [0.05, 0.1) is 12.6 Å². The van der Waals surface area contributed by atoms with Crippen LogP contribution < -0.4 is 0 Å². The minimum Gasteiger partial charge on any atom is -0.393 e. The maximum Gasteiger partial charge on any atom is 0.321 e. The van der Waals surface area contributed by atoms with Gasteiger partial charge in [-0.2, -0.15) is 0 Å². The zero-order valence-corrected chi connectivity index (χ0v) is 19.5. The normalized spacial score (nSPS) is 25.8. The molecule has 2 aliphatic rings. The molecule has 1 fully saturated rings. The number of aliphatic hydroxyl groups excluding tert-OH is 1. The van der Waals surface area contributed by atoms with E-state index in [1.54, 1.807) is 13.1 Å². The van der Waals surface area contributed by atoms with Gasteiger partial charge in [-0.15, -0.1) is 0 Å². The molecule has 2 aromatic carbocycles. The molecule has 4 rings (SSSR count). The molecule has 176 valence electrons. The highest BCUT2D eigenvalue weighted by Gasteiger charge is 2.47. The van der Waals surface area contributed by atoms with E-state index in [4.69, 9.17) is 11.6 Å². The van der Waals surface area contributed by atoms with Crippen LogP contribution in [0, 0.1) is 5.82 Å². The van der Waals surface area contributed by atoms with Gasteiger partial charge in [-0.3, -0.25) is 0 Å². The molecule has 8 heteroatoms. The predicted molar refractivity (Wildman–Crippen MR) is 125 cm³/mol. The van der Waals surface area contributed by atoms with Crippen molar-refractivity contribution in [1.82, 2.24) is 14.7 Å². The molecule has 2 aliphatic heterocycles. The summed E-state index contributed by atoms with van der Waals surface area (Å²) in [6.07, 6.45) is 1.05. The average molecular weight is 476 g/mol. The molecule has 3 atom stereocenters. The number of likely N-dealkylation sites (tertiary alicyclic amines) is 1. The number of urea groups is 1. The number of nitrogens with zero attached hydrogens (tertiary/aromatic N) is 3. The van der Waals surface area contributed by atoms with Crippen LogP contribution in [0.2, 0.25) is 5.02 Å². The molecule has 1 saturated heterocycles. The van der Waals surface area contributed by atoms with E-state index in [2.05, 4.69) is 0 Å². The summed E-state index contributed by atoms with van der Waals surface area (Å²) in [4.78, 5) is 18.6. The van der Waals surface area contributed by atoms with Crippen LogP contribution in [0.4, 0.5) is 13.6 Å². The zero-order valence-electron chi connectivity index (χ0n) is 18.7. The molecule has 2 amide bonds. The molecule has 0 bridgehead atoms. The van der Waals surface area contributed by atoms with E-state index in [1.807, 2.05) is 42.3 Å². The lowest BCUT2D eigenvalue weighted by Gasteiger charge is -2.43. The van der Waals surface area contributed by atoms with Crippen LogP contribution in [0.3, 0.4) is 0 Å². The second kappa shape index (κ2) is 9.41. The first-order valence-corrected chi connectivity index (χ1v) is 11.3. The number of aliphatic hydroxyl groups is 1. The molecule has 33 heavy (non-hydrogen) atoms. The van der Waals surface area contributed by atoms with Gasteiger partial charge in [-0.25, -0.2) is 13.6 Å². The van der Waals surface area contributed by atoms with E-state index in [1.165, 1.54) is 28.0 Å². The van der Waals surface area contributed by atoms with Crippen molar-refractivity contribution in [3.8, 4) is 0 Å². The van der Waals surface area contributed by atoms with Gasteiger partial charge >= 0.3 is 6.03 Å². The second-order valence-corrected chi connectivity index (χ2v) is 9.29. The summed E-state index contributed by atoms with van der Waals surface area (Å²) in [5, 5.41) is 11.0. The van der Waals surface area contributed by atoms with Crippen molar-refractivity contribution >= 4 is 23.2 Å². The van der Waals surface area contributed by atoms with Crippen molar-refractivity contribution in [2.45, 2.75) is 24.2 Å². The van der Waals surface area contributed by atoms with Gasteiger partial charge < -0.3 is 19.8 Å². The van der Waals surface area contributed by atoms with E-state index in [9.17, 15) is 18.7 Å². The molecule has 2 unspecified atom stereocenters. The fourth-order valence-electron chi connectivity index (χ4n) is 4.87. The Kier molecular flexibility index (Phi) is 6.75. The molecule has 5 nitrogen and oxygen atoms in total. The maximum atomic E-state index is 14.9. The van der Waals surface area contributed by atoms with Gasteiger partial charge in [0, 0.05) is 37.3 Å². The first-order chi connectivity index (χ1) is 15.8. The Bertz CT molecular complexity index is 1050. The van der Waals surface area contributed by atoms with E-state index >= 15 is 0 Å². The van der Waals surface area contributed by atoms with E-state index in [0.717, 1.165) is 0 Å². The monoisotopic (exact) mass is 475 g/mol. The van der Waals surface area contributed by atoms with E-state index in [-0.39, 0.29) is 18.7 Å². The fraction of sp³-hybridized carbons (Fsp3) is 0.400. The van der Waals surface area contributed by atoms with Crippen LogP contribution in [0.5, 0.6) is 0 Å². The number of carbonyl (C=O) groups is 1. The Morgan fingerprint density at radius 3 is 2.67 bits per heavy atom. The van der Waals surface area contributed by atoms with Crippen LogP contribution >= 0.6 is 11.6 Å². The SMILES string of the molecule is CN1CCC(N(C)C(=O)N2CC(c3cc(Cl)ccc3F)=C[C@@]2(CO)c2ccccc2)C(F)C1. The lowest BCUT2D eigenvalue weighted by atomic mass is 9.89. The summed E-state index contributed by atoms with van der Waals surface area (Å²) in [5.41, 5.74) is 0.284. The number of carbonyl (C=O) groups excluding carboxylic acids is 1. The molecule has 2 heterocycles. The van der Waals surface area contributed by atoms with Crippen molar-refractivity contribution < 1.29 is 18.7 Å². The van der Waals surface area contributed by atoms with Crippen LogP contribution in [0.1, 0.15) is 17.5 Å². The Morgan fingerprint density at radius 2 is 2.00 bits per heavy atom. The third-order valence-corrected chi connectivity index (χ3v) is 6.99. The largest absolute Gasteiger partial charge is 0.393 e. The fourth-order valence-corrected chi connectivity index (χ4v) is 5.04. The number of benzene rings is 2. The summed E-state index contributed by atoms with van der Waals surface area (Å²) in [6, 6.07) is 12.4. The molecular weight excluding hydrogens is 448 g/mol. The van der Waals surface area contributed by atoms with E-state index < -0.39 is 36.2 Å². The minimum atomic E-state index is -1.21. The highest BCUT2D eigenvalue weighted by molar-refractivity contribution is 6.30.